The first-order valence-electron chi connectivity index (χ1n) is 6.85. The fourth-order valence-corrected chi connectivity index (χ4v) is 4.98. The second kappa shape index (κ2) is 7.53. The highest BCUT2D eigenvalue weighted by Gasteiger charge is 2.37. The van der Waals surface area contributed by atoms with Gasteiger partial charge in [-0.05, 0) is 19.8 Å². The van der Waals surface area contributed by atoms with Crippen molar-refractivity contribution in [3.8, 4) is 0 Å². The van der Waals surface area contributed by atoms with Gasteiger partial charge in [0, 0.05) is 12.3 Å². The van der Waals surface area contributed by atoms with Crippen LogP contribution in [-0.4, -0.2) is 52.9 Å². The SMILES string of the molecule is C=CCSc1nnc(NC(=O)[C@H]2CCCN2S(=O)(=O)CC)s1. The van der Waals surface area contributed by atoms with E-state index in [1.807, 2.05) is 0 Å². The molecule has 1 fully saturated rings. The van der Waals surface area contributed by atoms with Gasteiger partial charge in [-0.15, -0.1) is 16.8 Å². The van der Waals surface area contributed by atoms with Gasteiger partial charge in [0.05, 0.1) is 5.75 Å². The van der Waals surface area contributed by atoms with Gasteiger partial charge in [0.25, 0.3) is 0 Å². The summed E-state index contributed by atoms with van der Waals surface area (Å²) in [4.78, 5) is 12.3. The number of nitrogens with one attached hydrogen (secondary N) is 1. The number of hydrogen-bond donors (Lipinski definition) is 1. The van der Waals surface area contributed by atoms with Gasteiger partial charge in [-0.3, -0.25) is 10.1 Å². The summed E-state index contributed by atoms with van der Waals surface area (Å²) >= 11 is 2.75. The molecule has 1 aromatic heterocycles. The van der Waals surface area contributed by atoms with Crippen molar-refractivity contribution in [2.24, 2.45) is 0 Å². The number of carbonyl (C=O) groups excluding carboxylic acids is 1. The molecule has 1 atom stereocenters. The highest BCUT2D eigenvalue weighted by Crippen LogP contribution is 2.27. The van der Waals surface area contributed by atoms with Crippen LogP contribution in [0, 0.1) is 0 Å². The molecule has 0 aromatic carbocycles. The molecule has 1 aromatic rings. The molecule has 10 heteroatoms. The summed E-state index contributed by atoms with van der Waals surface area (Å²) in [7, 11) is -3.37. The quantitative estimate of drug-likeness (QED) is 0.450. The Morgan fingerprint density at radius 2 is 2.36 bits per heavy atom. The maximum atomic E-state index is 12.3. The number of sulfonamides is 1. The molecule has 1 N–H and O–H groups in total. The molecule has 0 spiro atoms. The zero-order chi connectivity index (χ0) is 16.2. The summed E-state index contributed by atoms with van der Waals surface area (Å²) < 4.78 is 26.0. The van der Waals surface area contributed by atoms with Crippen LogP contribution in [0.15, 0.2) is 17.0 Å². The standard InChI is InChI=1S/C12H18N4O3S3/c1-3-8-20-12-15-14-11(21-12)13-10(17)9-6-5-7-16(9)22(18,19)4-2/h3,9H,1,4-8H2,2H3,(H,13,14,17)/t9-/m1/s1. The van der Waals surface area contributed by atoms with Crippen LogP contribution >= 0.6 is 23.1 Å². The highest BCUT2D eigenvalue weighted by atomic mass is 32.2. The van der Waals surface area contributed by atoms with Crippen molar-refractivity contribution in [1.29, 1.82) is 0 Å². The molecule has 0 radical (unpaired) electrons. The number of thioether (sulfide) groups is 1. The van der Waals surface area contributed by atoms with Crippen LogP contribution in [0.25, 0.3) is 0 Å². The molecule has 1 aliphatic rings. The highest BCUT2D eigenvalue weighted by molar-refractivity contribution is 8.01. The molecule has 0 saturated carbocycles. The third kappa shape index (κ3) is 4.06. The second-order valence-corrected chi connectivity index (χ2v) is 9.09. The second-order valence-electron chi connectivity index (χ2n) is 4.63. The third-order valence-electron chi connectivity index (χ3n) is 3.19. The molecule has 122 valence electrons. The van der Waals surface area contributed by atoms with E-state index in [0.717, 1.165) is 4.34 Å². The van der Waals surface area contributed by atoms with E-state index in [-0.39, 0.29) is 11.7 Å². The third-order valence-corrected chi connectivity index (χ3v) is 7.04. The molecular weight excluding hydrogens is 344 g/mol. The van der Waals surface area contributed by atoms with E-state index in [1.54, 1.807) is 13.0 Å². The summed E-state index contributed by atoms with van der Waals surface area (Å²) in [5.74, 6) is 0.372. The van der Waals surface area contributed by atoms with E-state index in [0.29, 0.717) is 30.3 Å². The van der Waals surface area contributed by atoms with Gasteiger partial charge < -0.3 is 0 Å². The van der Waals surface area contributed by atoms with Crippen molar-refractivity contribution in [3.63, 3.8) is 0 Å². The predicted octanol–water partition coefficient (Wildman–Crippen LogP) is 1.57. The Hall–Kier alpha value is -0.970. The molecule has 1 amide bonds. The van der Waals surface area contributed by atoms with E-state index >= 15 is 0 Å². The van der Waals surface area contributed by atoms with Crippen molar-refractivity contribution < 1.29 is 13.2 Å². The Kier molecular flexibility index (Phi) is 5.95. The Morgan fingerprint density at radius 3 is 3.05 bits per heavy atom. The fraction of sp³-hybridized carbons (Fsp3) is 0.583. The van der Waals surface area contributed by atoms with Gasteiger partial charge in [0.2, 0.25) is 21.1 Å². The summed E-state index contributed by atoms with van der Waals surface area (Å²) in [6, 6.07) is -0.655. The topological polar surface area (TPSA) is 92.3 Å². The van der Waals surface area contributed by atoms with Crippen molar-refractivity contribution >= 4 is 44.2 Å². The molecule has 2 heterocycles. The van der Waals surface area contributed by atoms with Crippen LogP contribution < -0.4 is 5.32 Å². The van der Waals surface area contributed by atoms with Crippen molar-refractivity contribution in [2.45, 2.75) is 30.1 Å². The normalized spacial score (nSPS) is 19.2. The number of carbonyl (C=O) groups is 1. The largest absolute Gasteiger partial charge is 0.299 e. The van der Waals surface area contributed by atoms with Gasteiger partial charge in [-0.1, -0.05) is 29.2 Å². The molecule has 0 unspecified atom stereocenters. The molecule has 2 rings (SSSR count). The maximum Gasteiger partial charge on any atom is 0.244 e. The van der Waals surface area contributed by atoms with Crippen LogP contribution in [0.2, 0.25) is 0 Å². The average Bonchev–Trinajstić information content (AvgIpc) is 3.14. The minimum Gasteiger partial charge on any atom is -0.299 e. The molecule has 7 nitrogen and oxygen atoms in total. The first-order chi connectivity index (χ1) is 10.5. The lowest BCUT2D eigenvalue weighted by Gasteiger charge is -2.21. The van der Waals surface area contributed by atoms with E-state index in [4.69, 9.17) is 0 Å². The number of nitrogens with zero attached hydrogens (tertiary/aromatic N) is 3. The Morgan fingerprint density at radius 1 is 1.59 bits per heavy atom. The Labute approximate surface area is 138 Å². The molecule has 22 heavy (non-hydrogen) atoms. The smallest absolute Gasteiger partial charge is 0.244 e. The number of amides is 1. The molecule has 1 aliphatic heterocycles. The maximum absolute atomic E-state index is 12.3. The number of anilines is 1. The zero-order valence-electron chi connectivity index (χ0n) is 12.2. The number of rotatable bonds is 7. The van der Waals surface area contributed by atoms with Crippen LogP contribution in [0.3, 0.4) is 0 Å². The lowest BCUT2D eigenvalue weighted by Crippen LogP contribution is -2.43. The lowest BCUT2D eigenvalue weighted by molar-refractivity contribution is -0.119. The summed E-state index contributed by atoms with van der Waals surface area (Å²) in [6.45, 7) is 5.60. The monoisotopic (exact) mass is 362 g/mol. The summed E-state index contributed by atoms with van der Waals surface area (Å²) in [5.41, 5.74) is 0. The first kappa shape index (κ1) is 17.4. The van der Waals surface area contributed by atoms with Gasteiger partial charge in [0.15, 0.2) is 4.34 Å². The van der Waals surface area contributed by atoms with Crippen LogP contribution in [-0.2, 0) is 14.8 Å². The molecule has 0 aliphatic carbocycles. The average molecular weight is 363 g/mol. The van der Waals surface area contributed by atoms with Gasteiger partial charge >= 0.3 is 0 Å². The lowest BCUT2D eigenvalue weighted by atomic mass is 10.2. The van der Waals surface area contributed by atoms with Crippen LogP contribution in [0.1, 0.15) is 19.8 Å². The van der Waals surface area contributed by atoms with Crippen molar-refractivity contribution in [2.75, 3.05) is 23.4 Å². The fourth-order valence-electron chi connectivity index (χ4n) is 2.14. The summed E-state index contributed by atoms with van der Waals surface area (Å²) in [5, 5.41) is 10.9. The first-order valence-corrected chi connectivity index (χ1v) is 10.3. The van der Waals surface area contributed by atoms with Crippen molar-refractivity contribution in [3.05, 3.63) is 12.7 Å². The minimum atomic E-state index is -3.37. The summed E-state index contributed by atoms with van der Waals surface area (Å²) in [6.07, 6.45) is 2.98. The Bertz CT molecular complexity index is 644. The van der Waals surface area contributed by atoms with Gasteiger partial charge in [0.1, 0.15) is 6.04 Å². The van der Waals surface area contributed by atoms with Crippen LogP contribution in [0.5, 0.6) is 0 Å². The Balaban J connectivity index is 2.02. The van der Waals surface area contributed by atoms with Crippen molar-refractivity contribution in [1.82, 2.24) is 14.5 Å². The number of aromatic nitrogens is 2. The van der Waals surface area contributed by atoms with Crippen LogP contribution in [0.4, 0.5) is 5.13 Å². The van der Waals surface area contributed by atoms with Gasteiger partial charge in [-0.2, -0.15) is 4.31 Å². The predicted molar refractivity (Wildman–Crippen MR) is 88.6 cm³/mol. The van der Waals surface area contributed by atoms with E-state index in [9.17, 15) is 13.2 Å². The minimum absolute atomic E-state index is 0.00205. The zero-order valence-corrected chi connectivity index (χ0v) is 14.6. The van der Waals surface area contributed by atoms with E-state index in [2.05, 4.69) is 22.1 Å². The molecule has 1 saturated heterocycles. The number of hydrogen-bond acceptors (Lipinski definition) is 7. The van der Waals surface area contributed by atoms with E-state index < -0.39 is 16.1 Å². The molecule has 0 bridgehead atoms. The van der Waals surface area contributed by atoms with Gasteiger partial charge in [-0.25, -0.2) is 8.42 Å². The van der Waals surface area contributed by atoms with E-state index in [1.165, 1.54) is 27.4 Å². The molecular formula is C12H18N4O3S3.